The van der Waals surface area contributed by atoms with Gasteiger partial charge in [-0.25, -0.2) is 0 Å². The lowest BCUT2D eigenvalue weighted by atomic mass is 10.4. The molecule has 1 rings (SSSR count). The molecular formula is C12H19ClN2O4. The summed E-state index contributed by atoms with van der Waals surface area (Å²) in [5.74, 6) is 0. The molecule has 0 N–H and O–H groups in total. The number of hydrogen-bond acceptors (Lipinski definition) is 6. The Morgan fingerprint density at radius 2 is 1.53 bits per heavy atom. The van der Waals surface area contributed by atoms with Crippen LogP contribution >= 0.6 is 11.6 Å². The van der Waals surface area contributed by atoms with Gasteiger partial charge in [0.15, 0.2) is 5.15 Å². The second-order valence-corrected chi connectivity index (χ2v) is 4.00. The van der Waals surface area contributed by atoms with E-state index in [1.165, 1.54) is 0 Å². The quantitative estimate of drug-likeness (QED) is 0.573. The predicted octanol–water partition coefficient (Wildman–Crippen LogP) is 1.33. The number of methoxy groups -OCH3 is 1. The number of ether oxygens (including phenoxy) is 4. The summed E-state index contributed by atoms with van der Waals surface area (Å²) < 4.78 is 20.8. The summed E-state index contributed by atoms with van der Waals surface area (Å²) in [5, 5.41) is 7.97. The first-order chi connectivity index (χ1) is 9.33. The normalized spacial score (nSPS) is 10.8. The van der Waals surface area contributed by atoms with Gasteiger partial charge in [0.25, 0.3) is 0 Å². The zero-order chi connectivity index (χ0) is 13.8. The monoisotopic (exact) mass is 290 g/mol. The van der Waals surface area contributed by atoms with Crippen LogP contribution in [-0.4, -0.2) is 56.9 Å². The molecule has 7 heteroatoms. The minimum Gasteiger partial charge on any atom is -0.382 e. The molecule has 1 heterocycles. The van der Waals surface area contributed by atoms with Gasteiger partial charge < -0.3 is 18.9 Å². The fourth-order valence-corrected chi connectivity index (χ4v) is 1.28. The highest BCUT2D eigenvalue weighted by atomic mass is 35.5. The SMILES string of the molecule is COCCOCCOCCOCc1ccc(Cl)nn1. The minimum absolute atomic E-state index is 0.376. The molecule has 0 fully saturated rings. The molecule has 0 radical (unpaired) electrons. The van der Waals surface area contributed by atoms with Gasteiger partial charge in [0.05, 0.1) is 51.9 Å². The summed E-state index contributed by atoms with van der Waals surface area (Å²) in [6.07, 6.45) is 0. The third-order valence-corrected chi connectivity index (χ3v) is 2.31. The highest BCUT2D eigenvalue weighted by molar-refractivity contribution is 6.29. The van der Waals surface area contributed by atoms with Gasteiger partial charge in [-0.2, -0.15) is 5.10 Å². The fourth-order valence-electron chi connectivity index (χ4n) is 1.18. The lowest BCUT2D eigenvalue weighted by Gasteiger charge is -2.06. The van der Waals surface area contributed by atoms with Gasteiger partial charge in [0.1, 0.15) is 0 Å². The van der Waals surface area contributed by atoms with Gasteiger partial charge in [-0.05, 0) is 12.1 Å². The molecular weight excluding hydrogens is 272 g/mol. The van der Waals surface area contributed by atoms with Crippen LogP contribution in [0, 0.1) is 0 Å². The molecule has 0 spiro atoms. The largest absolute Gasteiger partial charge is 0.382 e. The smallest absolute Gasteiger partial charge is 0.151 e. The number of halogens is 1. The summed E-state index contributed by atoms with van der Waals surface area (Å²) in [6, 6.07) is 3.46. The lowest BCUT2D eigenvalue weighted by molar-refractivity contribution is 0.000386. The van der Waals surface area contributed by atoms with Crippen molar-refractivity contribution in [3.63, 3.8) is 0 Å². The molecule has 0 bridgehead atoms. The van der Waals surface area contributed by atoms with E-state index in [0.717, 1.165) is 5.69 Å². The van der Waals surface area contributed by atoms with Crippen molar-refractivity contribution in [3.05, 3.63) is 23.0 Å². The van der Waals surface area contributed by atoms with Crippen molar-refractivity contribution in [2.45, 2.75) is 6.61 Å². The van der Waals surface area contributed by atoms with Crippen molar-refractivity contribution in [1.82, 2.24) is 10.2 Å². The summed E-state index contributed by atoms with van der Waals surface area (Å²) in [4.78, 5) is 0. The van der Waals surface area contributed by atoms with Crippen molar-refractivity contribution in [1.29, 1.82) is 0 Å². The molecule has 0 aliphatic rings. The first-order valence-corrected chi connectivity index (χ1v) is 6.41. The molecule has 0 saturated carbocycles. The van der Waals surface area contributed by atoms with E-state index in [0.29, 0.717) is 51.4 Å². The topological polar surface area (TPSA) is 62.7 Å². The van der Waals surface area contributed by atoms with Gasteiger partial charge in [0.2, 0.25) is 0 Å². The Balaban J connectivity index is 1.87. The van der Waals surface area contributed by atoms with Crippen LogP contribution in [0.2, 0.25) is 5.15 Å². The highest BCUT2D eigenvalue weighted by Crippen LogP contribution is 2.02. The Bertz CT molecular complexity index is 324. The molecule has 6 nitrogen and oxygen atoms in total. The molecule has 0 aromatic carbocycles. The van der Waals surface area contributed by atoms with Crippen LogP contribution < -0.4 is 0 Å². The highest BCUT2D eigenvalue weighted by Gasteiger charge is 1.96. The number of hydrogen-bond donors (Lipinski definition) is 0. The first-order valence-electron chi connectivity index (χ1n) is 6.03. The van der Waals surface area contributed by atoms with Crippen LogP contribution in [0.25, 0.3) is 0 Å². The molecule has 1 aromatic rings. The van der Waals surface area contributed by atoms with E-state index >= 15 is 0 Å². The van der Waals surface area contributed by atoms with Gasteiger partial charge >= 0.3 is 0 Å². The minimum atomic E-state index is 0.376. The lowest BCUT2D eigenvalue weighted by Crippen LogP contribution is -2.11. The van der Waals surface area contributed by atoms with Crippen LogP contribution in [0.15, 0.2) is 12.1 Å². The number of rotatable bonds is 11. The van der Waals surface area contributed by atoms with E-state index in [-0.39, 0.29) is 0 Å². The van der Waals surface area contributed by atoms with Crippen LogP contribution in [0.4, 0.5) is 0 Å². The van der Waals surface area contributed by atoms with Crippen molar-refractivity contribution >= 4 is 11.6 Å². The third-order valence-electron chi connectivity index (χ3n) is 2.11. The Kier molecular flexibility index (Phi) is 9.48. The second-order valence-electron chi connectivity index (χ2n) is 3.62. The van der Waals surface area contributed by atoms with Crippen LogP contribution in [0.3, 0.4) is 0 Å². The van der Waals surface area contributed by atoms with E-state index < -0.39 is 0 Å². The molecule has 1 aromatic heterocycles. The Morgan fingerprint density at radius 1 is 0.895 bits per heavy atom. The number of aromatic nitrogens is 2. The summed E-state index contributed by atoms with van der Waals surface area (Å²) in [5.41, 5.74) is 0.743. The van der Waals surface area contributed by atoms with Crippen molar-refractivity contribution in [2.24, 2.45) is 0 Å². The van der Waals surface area contributed by atoms with E-state index in [4.69, 9.17) is 30.5 Å². The second kappa shape index (κ2) is 11.1. The molecule has 0 atom stereocenters. The Morgan fingerprint density at radius 3 is 2.11 bits per heavy atom. The summed E-state index contributed by atoms with van der Waals surface area (Å²) in [6.45, 7) is 3.73. The molecule has 0 unspecified atom stereocenters. The molecule has 19 heavy (non-hydrogen) atoms. The average molecular weight is 291 g/mol. The van der Waals surface area contributed by atoms with Crippen LogP contribution in [0.1, 0.15) is 5.69 Å². The Hall–Kier alpha value is -0.790. The zero-order valence-corrected chi connectivity index (χ0v) is 11.8. The summed E-state index contributed by atoms with van der Waals surface area (Å²) in [7, 11) is 1.64. The Labute approximate surface area is 118 Å². The molecule has 0 saturated heterocycles. The van der Waals surface area contributed by atoms with Gasteiger partial charge in [-0.15, -0.1) is 5.10 Å². The van der Waals surface area contributed by atoms with E-state index in [1.54, 1.807) is 19.2 Å². The van der Waals surface area contributed by atoms with E-state index in [2.05, 4.69) is 10.2 Å². The maximum Gasteiger partial charge on any atom is 0.151 e. The third kappa shape index (κ3) is 8.85. The average Bonchev–Trinajstić information content (AvgIpc) is 2.43. The van der Waals surface area contributed by atoms with Gasteiger partial charge in [-0.1, -0.05) is 11.6 Å². The van der Waals surface area contributed by atoms with Gasteiger partial charge in [0, 0.05) is 7.11 Å². The van der Waals surface area contributed by atoms with E-state index in [1.807, 2.05) is 0 Å². The van der Waals surface area contributed by atoms with Crippen molar-refractivity contribution in [3.8, 4) is 0 Å². The van der Waals surface area contributed by atoms with Crippen LogP contribution in [-0.2, 0) is 25.6 Å². The maximum absolute atomic E-state index is 5.62. The predicted molar refractivity (Wildman–Crippen MR) is 70.2 cm³/mol. The molecule has 0 aliphatic heterocycles. The zero-order valence-electron chi connectivity index (χ0n) is 11.0. The van der Waals surface area contributed by atoms with E-state index in [9.17, 15) is 0 Å². The molecule has 0 amide bonds. The van der Waals surface area contributed by atoms with Gasteiger partial charge in [-0.3, -0.25) is 0 Å². The maximum atomic E-state index is 5.62. The van der Waals surface area contributed by atoms with Crippen LogP contribution in [0.5, 0.6) is 0 Å². The number of nitrogens with zero attached hydrogens (tertiary/aromatic N) is 2. The molecule has 108 valence electrons. The standard InChI is InChI=1S/C12H19ClN2O4/c1-16-4-5-17-6-7-18-8-9-19-10-11-2-3-12(13)15-14-11/h2-3H,4-10H2,1H3. The molecule has 0 aliphatic carbocycles. The van der Waals surface area contributed by atoms with Crippen molar-refractivity contribution in [2.75, 3.05) is 46.8 Å². The van der Waals surface area contributed by atoms with Crippen molar-refractivity contribution < 1.29 is 18.9 Å². The summed E-state index contributed by atoms with van der Waals surface area (Å²) >= 11 is 5.62. The fraction of sp³-hybridized carbons (Fsp3) is 0.667. The first kappa shape index (κ1) is 16.3.